The summed E-state index contributed by atoms with van der Waals surface area (Å²) in [6.07, 6.45) is 11.6. The number of hydrogen-bond donors (Lipinski definition) is 0. The largest absolute Gasteiger partial charge is 0.300 e. The van der Waals surface area contributed by atoms with Gasteiger partial charge in [0.15, 0.2) is 23.1 Å². The summed E-state index contributed by atoms with van der Waals surface area (Å²) in [7, 11) is 0. The van der Waals surface area contributed by atoms with E-state index >= 15 is 4.79 Å². The van der Waals surface area contributed by atoms with Crippen LogP contribution >= 0.6 is 0 Å². The molecular weight excluding hydrogens is 925 g/mol. The van der Waals surface area contributed by atoms with E-state index in [4.69, 9.17) is 0 Å². The Balaban J connectivity index is 0.00000289. The number of carbonyl (C=O) groups is 6. The fraction of sp³-hybridized carbons (Fsp3) is 0.478. The van der Waals surface area contributed by atoms with Crippen LogP contribution in [0.5, 0.6) is 0 Å². The number of hydrogen-bond acceptors (Lipinski definition) is 6. The van der Waals surface area contributed by atoms with Crippen molar-refractivity contribution in [2.45, 2.75) is 177 Å². The van der Waals surface area contributed by atoms with Crippen LogP contribution in [-0.4, -0.2) is 34.7 Å². The molecule has 0 saturated heterocycles. The predicted octanol–water partition coefficient (Wildman–Crippen LogP) is 17.8. The molecule has 4 aromatic rings. The van der Waals surface area contributed by atoms with Gasteiger partial charge in [0.05, 0.1) is 0 Å². The van der Waals surface area contributed by atoms with Crippen molar-refractivity contribution >= 4 is 34.7 Å². The lowest BCUT2D eigenvalue weighted by molar-refractivity contribution is -0.129. The molecular formula is C69H92O6. The van der Waals surface area contributed by atoms with Crippen LogP contribution in [0.4, 0.5) is 0 Å². The molecule has 2 saturated carbocycles. The van der Waals surface area contributed by atoms with Gasteiger partial charge in [-0.05, 0) is 124 Å². The Kier molecular flexibility index (Phi) is 28.1. The second kappa shape index (κ2) is 33.2. The third-order valence-electron chi connectivity index (χ3n) is 15.5. The maximum Gasteiger partial charge on any atom is 0.164 e. The highest BCUT2D eigenvalue weighted by molar-refractivity contribution is 6.09. The van der Waals surface area contributed by atoms with E-state index < -0.39 is 5.92 Å². The highest BCUT2D eigenvalue weighted by Gasteiger charge is 2.45. The summed E-state index contributed by atoms with van der Waals surface area (Å²) in [5.41, 5.74) is 7.06. The molecule has 6 heteroatoms. The lowest BCUT2D eigenvalue weighted by atomic mass is 9.70. The first-order valence-corrected chi connectivity index (χ1v) is 28.2. The third kappa shape index (κ3) is 19.0. The monoisotopic (exact) mass is 1020 g/mol. The topological polar surface area (TPSA) is 102 Å². The zero-order valence-corrected chi connectivity index (χ0v) is 46.2. The lowest BCUT2D eigenvalue weighted by Gasteiger charge is -2.33. The molecule has 4 unspecified atom stereocenters. The first-order valence-electron chi connectivity index (χ1n) is 28.2. The molecule has 6 rings (SSSR count). The van der Waals surface area contributed by atoms with E-state index in [1.807, 2.05) is 101 Å². The van der Waals surface area contributed by atoms with Crippen LogP contribution in [0.2, 0.25) is 0 Å². The zero-order chi connectivity index (χ0) is 54.2. The average molecular weight is 1020 g/mol. The van der Waals surface area contributed by atoms with E-state index in [0.29, 0.717) is 60.8 Å². The summed E-state index contributed by atoms with van der Waals surface area (Å²) in [4.78, 5) is 83.6. The first kappa shape index (κ1) is 63.4. The Morgan fingerprint density at radius 1 is 0.627 bits per heavy atom. The minimum atomic E-state index is -0.492. The van der Waals surface area contributed by atoms with Gasteiger partial charge in [0.25, 0.3) is 0 Å². The van der Waals surface area contributed by atoms with E-state index in [9.17, 15) is 24.0 Å². The number of benzene rings is 4. The summed E-state index contributed by atoms with van der Waals surface area (Å²) in [6, 6.07) is 35.0. The molecule has 0 radical (unpaired) electrons. The molecule has 0 bridgehead atoms. The molecule has 6 nitrogen and oxygen atoms in total. The predicted molar refractivity (Wildman–Crippen MR) is 313 cm³/mol. The summed E-state index contributed by atoms with van der Waals surface area (Å²) in [5.74, 6) is -1.42. The van der Waals surface area contributed by atoms with E-state index in [2.05, 4.69) is 44.9 Å². The second-order valence-electron chi connectivity index (χ2n) is 20.7. The number of allylic oxidation sites excluding steroid dienone is 3. The maximum absolute atomic E-state index is 15.4. The van der Waals surface area contributed by atoms with E-state index in [0.717, 1.165) is 80.1 Å². The average Bonchev–Trinajstić information content (AvgIpc) is 3.86. The van der Waals surface area contributed by atoms with Gasteiger partial charge in [0, 0.05) is 66.0 Å². The Hall–Kier alpha value is -5.88. The molecule has 75 heavy (non-hydrogen) atoms. The van der Waals surface area contributed by atoms with Crippen LogP contribution in [0, 0.1) is 35.5 Å². The van der Waals surface area contributed by atoms with Gasteiger partial charge in [0.1, 0.15) is 11.6 Å². The number of carbonyl (C=O) groups excluding carboxylic acids is 6. The molecule has 0 aliphatic heterocycles. The van der Waals surface area contributed by atoms with Gasteiger partial charge in [-0.2, -0.15) is 0 Å². The number of Topliss-reactive ketones (excluding diaryl/α,β-unsaturated/α-hetero) is 6. The Labute approximate surface area is 453 Å². The SMILES string of the molecule is C.C=C(CCC(=O)C[C@H](C(=C)C)c1ccccc1)C(=O)C(CCC)CC(=C)C1C[C@@H](CCCC(=O)c2cccc(Cc3ccccc3)c2)CC1C(=O)C(CC(=O)c1ccccc1C(C)=O)C1CCCCC1.CC.CC. The summed E-state index contributed by atoms with van der Waals surface area (Å²) in [6.45, 7) is 26.5. The van der Waals surface area contributed by atoms with Gasteiger partial charge in [-0.25, -0.2) is 0 Å². The van der Waals surface area contributed by atoms with E-state index in [-0.39, 0.29) is 96.9 Å². The van der Waals surface area contributed by atoms with Gasteiger partial charge in [-0.15, -0.1) is 0 Å². The number of ketones is 6. The van der Waals surface area contributed by atoms with E-state index in [1.54, 1.807) is 24.3 Å². The summed E-state index contributed by atoms with van der Waals surface area (Å²) in [5, 5.41) is 0. The minimum Gasteiger partial charge on any atom is -0.300 e. The minimum absolute atomic E-state index is 0. The van der Waals surface area contributed by atoms with Crippen LogP contribution in [0.3, 0.4) is 0 Å². The quantitative estimate of drug-likeness (QED) is 0.0319. The molecule has 0 amide bonds. The second-order valence-corrected chi connectivity index (χ2v) is 20.7. The Morgan fingerprint density at radius 3 is 1.85 bits per heavy atom. The van der Waals surface area contributed by atoms with Crippen molar-refractivity contribution in [2.24, 2.45) is 35.5 Å². The number of rotatable bonds is 28. The van der Waals surface area contributed by atoms with Gasteiger partial charge in [-0.1, -0.05) is 202 Å². The van der Waals surface area contributed by atoms with Crippen LogP contribution in [0.15, 0.2) is 146 Å². The summed E-state index contributed by atoms with van der Waals surface area (Å²) < 4.78 is 0. The molecule has 4 aromatic carbocycles. The van der Waals surface area contributed by atoms with Crippen molar-refractivity contribution in [2.75, 3.05) is 0 Å². The molecule has 0 aromatic heterocycles. The van der Waals surface area contributed by atoms with Crippen molar-refractivity contribution in [3.63, 3.8) is 0 Å². The highest BCUT2D eigenvalue weighted by Crippen LogP contribution is 2.48. The molecule has 2 aliphatic rings. The molecule has 0 heterocycles. The molecule has 404 valence electrons. The van der Waals surface area contributed by atoms with Crippen molar-refractivity contribution in [1.82, 2.24) is 0 Å². The van der Waals surface area contributed by atoms with Crippen LogP contribution in [0.1, 0.15) is 219 Å². The molecule has 0 spiro atoms. The normalized spacial score (nSPS) is 17.2. The lowest BCUT2D eigenvalue weighted by Crippen LogP contribution is -2.35. The van der Waals surface area contributed by atoms with Crippen molar-refractivity contribution in [3.05, 3.63) is 179 Å². The fourth-order valence-corrected chi connectivity index (χ4v) is 11.6. The maximum atomic E-state index is 15.4. The van der Waals surface area contributed by atoms with Gasteiger partial charge >= 0.3 is 0 Å². The zero-order valence-electron chi connectivity index (χ0n) is 46.2. The van der Waals surface area contributed by atoms with Gasteiger partial charge < -0.3 is 0 Å². The summed E-state index contributed by atoms with van der Waals surface area (Å²) >= 11 is 0. The smallest absolute Gasteiger partial charge is 0.164 e. The van der Waals surface area contributed by atoms with E-state index in [1.165, 1.54) is 12.5 Å². The fourth-order valence-electron chi connectivity index (χ4n) is 11.6. The Bertz CT molecular complexity index is 2490. The van der Waals surface area contributed by atoms with Crippen molar-refractivity contribution in [3.8, 4) is 0 Å². The molecule has 2 fully saturated rings. The first-order chi connectivity index (χ1) is 35.7. The molecule has 2 aliphatic carbocycles. The van der Waals surface area contributed by atoms with Crippen LogP contribution < -0.4 is 0 Å². The Morgan fingerprint density at radius 2 is 1.23 bits per heavy atom. The van der Waals surface area contributed by atoms with Crippen molar-refractivity contribution < 1.29 is 28.8 Å². The van der Waals surface area contributed by atoms with Gasteiger partial charge in [-0.3, -0.25) is 28.8 Å². The molecule has 6 atom stereocenters. The molecule has 0 N–H and O–H groups in total. The third-order valence-corrected chi connectivity index (χ3v) is 15.5. The standard InChI is InChI=1S/C64H76O6.2C2H6.CH4/c1-7-21-53(63(69)44(4)34-35-54(66)41-57(43(2)3)50-26-13-9-14-27-50)36-45(5)58-39-49(25-20-33-61(67)52-30-19-24-48(38-52)37-47-22-11-8-12-23-47)40-60(58)64(70)59(51-28-15-10-16-29-51)42-62(68)56-32-18-17-31-55(56)46(6)65;2*1-2;/h8-9,11-14,17-19,22-24,26-27,30-32,38,49,51,53,57-60H,2,4-5,7,10,15-16,20-21,25,28-29,33-37,39-42H2,1,3,6H3;2*1-2H3;1H4/t49-,53?,57-,58?,59?,60?;;;/m1.../s1. The van der Waals surface area contributed by atoms with Crippen LogP contribution in [0.25, 0.3) is 0 Å². The highest BCUT2D eigenvalue weighted by atomic mass is 16.1. The van der Waals surface area contributed by atoms with Crippen LogP contribution in [-0.2, 0) is 20.8 Å². The van der Waals surface area contributed by atoms with Gasteiger partial charge in [0.2, 0.25) is 0 Å². The van der Waals surface area contributed by atoms with Crippen molar-refractivity contribution in [1.29, 1.82) is 0 Å².